The zero-order valence-corrected chi connectivity index (χ0v) is 16.9. The van der Waals surface area contributed by atoms with Crippen molar-refractivity contribution in [2.45, 2.75) is 96.4 Å². The Kier molecular flexibility index (Phi) is 6.36. The van der Waals surface area contributed by atoms with Crippen molar-refractivity contribution in [1.82, 2.24) is 5.32 Å². The molecule has 26 heavy (non-hydrogen) atoms. The van der Waals surface area contributed by atoms with E-state index in [1.807, 2.05) is 0 Å². The van der Waals surface area contributed by atoms with Crippen LogP contribution >= 0.6 is 0 Å². The van der Waals surface area contributed by atoms with Crippen molar-refractivity contribution in [3.05, 3.63) is 34.9 Å². The Balaban J connectivity index is 1.22. The summed E-state index contributed by atoms with van der Waals surface area (Å²) in [6, 6.07) is 7.97. The number of aryl methyl sites for hydroxylation is 2. The van der Waals surface area contributed by atoms with Gasteiger partial charge in [0.1, 0.15) is 0 Å². The van der Waals surface area contributed by atoms with Gasteiger partial charge in [0.25, 0.3) is 0 Å². The number of hydrogen-bond acceptors (Lipinski definition) is 1. The SMILES string of the molecule is Cc1ccc2c(c1)CCC(CC1CCCC(NCC3CCCC3)CC1)C2. The van der Waals surface area contributed by atoms with Crippen molar-refractivity contribution in [1.29, 1.82) is 0 Å². The largest absolute Gasteiger partial charge is 0.314 e. The summed E-state index contributed by atoms with van der Waals surface area (Å²) in [5.41, 5.74) is 4.72. The van der Waals surface area contributed by atoms with Crippen LogP contribution in [0.3, 0.4) is 0 Å². The lowest BCUT2D eigenvalue weighted by Crippen LogP contribution is -2.32. The monoisotopic (exact) mass is 353 g/mol. The first-order chi connectivity index (χ1) is 12.8. The third kappa shape index (κ3) is 4.91. The molecule has 0 radical (unpaired) electrons. The van der Waals surface area contributed by atoms with E-state index in [0.717, 1.165) is 23.8 Å². The van der Waals surface area contributed by atoms with Gasteiger partial charge in [-0.25, -0.2) is 0 Å². The highest BCUT2D eigenvalue weighted by Crippen LogP contribution is 2.35. The number of benzene rings is 1. The molecule has 1 aromatic rings. The van der Waals surface area contributed by atoms with Gasteiger partial charge in [-0.2, -0.15) is 0 Å². The van der Waals surface area contributed by atoms with Crippen LogP contribution in [0.2, 0.25) is 0 Å². The highest BCUT2D eigenvalue weighted by Gasteiger charge is 2.25. The van der Waals surface area contributed by atoms with E-state index in [0.29, 0.717) is 0 Å². The fourth-order valence-electron chi connectivity index (χ4n) is 6.00. The zero-order chi connectivity index (χ0) is 17.8. The molecule has 0 aliphatic heterocycles. The third-order valence-electron chi connectivity index (χ3n) is 7.62. The van der Waals surface area contributed by atoms with E-state index < -0.39 is 0 Å². The minimum Gasteiger partial charge on any atom is -0.314 e. The van der Waals surface area contributed by atoms with Crippen molar-refractivity contribution in [3.8, 4) is 0 Å². The van der Waals surface area contributed by atoms with E-state index in [2.05, 4.69) is 30.4 Å². The van der Waals surface area contributed by atoms with Gasteiger partial charge in [-0.1, -0.05) is 49.4 Å². The van der Waals surface area contributed by atoms with Gasteiger partial charge in [-0.3, -0.25) is 0 Å². The lowest BCUT2D eigenvalue weighted by molar-refractivity contribution is 0.311. The summed E-state index contributed by atoms with van der Waals surface area (Å²) in [6.45, 7) is 3.53. The average Bonchev–Trinajstić information content (AvgIpc) is 3.07. The first-order valence-electron chi connectivity index (χ1n) is 11.6. The fraction of sp³-hybridized carbons (Fsp3) is 0.760. The molecule has 3 unspecified atom stereocenters. The van der Waals surface area contributed by atoms with Crippen molar-refractivity contribution >= 4 is 0 Å². The van der Waals surface area contributed by atoms with Crippen LogP contribution in [0.1, 0.15) is 87.3 Å². The van der Waals surface area contributed by atoms with Crippen LogP contribution < -0.4 is 5.32 Å². The summed E-state index contributed by atoms with van der Waals surface area (Å²) in [6.07, 6.45) is 18.8. The molecule has 2 saturated carbocycles. The molecule has 3 aliphatic carbocycles. The summed E-state index contributed by atoms with van der Waals surface area (Å²) in [4.78, 5) is 0. The molecule has 2 fully saturated rings. The molecule has 0 amide bonds. The first-order valence-corrected chi connectivity index (χ1v) is 11.6. The molecule has 1 aromatic carbocycles. The van der Waals surface area contributed by atoms with Crippen LogP contribution in [-0.2, 0) is 12.8 Å². The molecule has 0 saturated heterocycles. The molecular formula is C25H39N. The maximum absolute atomic E-state index is 3.95. The molecule has 144 valence electrons. The van der Waals surface area contributed by atoms with Gasteiger partial charge in [0, 0.05) is 6.04 Å². The zero-order valence-electron chi connectivity index (χ0n) is 16.9. The minimum absolute atomic E-state index is 0.815. The molecule has 0 heterocycles. The van der Waals surface area contributed by atoms with Gasteiger partial charge in [0.2, 0.25) is 0 Å². The summed E-state index contributed by atoms with van der Waals surface area (Å²) >= 11 is 0. The molecular weight excluding hydrogens is 314 g/mol. The van der Waals surface area contributed by atoms with Crippen LogP contribution in [0.5, 0.6) is 0 Å². The van der Waals surface area contributed by atoms with Crippen molar-refractivity contribution in [3.63, 3.8) is 0 Å². The van der Waals surface area contributed by atoms with Gasteiger partial charge in [-0.05, 0) is 100 Å². The second-order valence-electron chi connectivity index (χ2n) is 9.75. The maximum atomic E-state index is 3.95. The lowest BCUT2D eigenvalue weighted by Gasteiger charge is -2.28. The van der Waals surface area contributed by atoms with Gasteiger partial charge in [0.15, 0.2) is 0 Å². The van der Waals surface area contributed by atoms with E-state index >= 15 is 0 Å². The second-order valence-corrected chi connectivity index (χ2v) is 9.75. The standard InChI is InChI=1S/C25H39N/c1-19-9-12-24-17-22(10-13-23(24)15-19)16-20-7-4-8-25(14-11-20)26-18-21-5-2-3-6-21/h9,12,15,20-22,25-26H,2-8,10-11,13-14,16-18H2,1H3. The molecule has 4 rings (SSSR count). The Morgan fingerprint density at radius 2 is 1.65 bits per heavy atom. The van der Waals surface area contributed by atoms with Crippen LogP contribution in [0.4, 0.5) is 0 Å². The van der Waals surface area contributed by atoms with Crippen molar-refractivity contribution in [2.75, 3.05) is 6.54 Å². The highest BCUT2D eigenvalue weighted by molar-refractivity contribution is 5.33. The topological polar surface area (TPSA) is 12.0 Å². The summed E-state index contributed by atoms with van der Waals surface area (Å²) in [7, 11) is 0. The molecule has 0 spiro atoms. The first kappa shape index (κ1) is 18.5. The molecule has 1 N–H and O–H groups in total. The van der Waals surface area contributed by atoms with E-state index in [1.165, 1.54) is 95.6 Å². The number of fused-ring (bicyclic) bond motifs is 1. The lowest BCUT2D eigenvalue weighted by atomic mass is 9.77. The number of nitrogens with one attached hydrogen (secondary N) is 1. The van der Waals surface area contributed by atoms with E-state index in [9.17, 15) is 0 Å². The maximum Gasteiger partial charge on any atom is 0.00672 e. The average molecular weight is 354 g/mol. The van der Waals surface area contributed by atoms with Gasteiger partial charge >= 0.3 is 0 Å². The molecule has 1 heteroatoms. The molecule has 3 aliphatic rings. The van der Waals surface area contributed by atoms with Gasteiger partial charge in [-0.15, -0.1) is 0 Å². The fourth-order valence-corrected chi connectivity index (χ4v) is 6.00. The highest BCUT2D eigenvalue weighted by atomic mass is 14.9. The minimum atomic E-state index is 0.815. The molecule has 0 bridgehead atoms. The van der Waals surface area contributed by atoms with Crippen LogP contribution in [0.15, 0.2) is 18.2 Å². The molecule has 0 aromatic heterocycles. The van der Waals surface area contributed by atoms with Crippen molar-refractivity contribution in [2.24, 2.45) is 17.8 Å². The Morgan fingerprint density at radius 1 is 0.808 bits per heavy atom. The van der Waals surface area contributed by atoms with Gasteiger partial charge < -0.3 is 5.32 Å². The predicted octanol–water partition coefficient (Wildman–Crippen LogP) is 6.22. The third-order valence-corrected chi connectivity index (χ3v) is 7.62. The summed E-state index contributed by atoms with van der Waals surface area (Å²) < 4.78 is 0. The Bertz CT molecular complexity index is 572. The molecule has 1 nitrogen and oxygen atoms in total. The van der Waals surface area contributed by atoms with E-state index in [4.69, 9.17) is 0 Å². The Morgan fingerprint density at radius 3 is 2.54 bits per heavy atom. The van der Waals surface area contributed by atoms with Crippen LogP contribution in [-0.4, -0.2) is 12.6 Å². The van der Waals surface area contributed by atoms with Crippen LogP contribution in [0.25, 0.3) is 0 Å². The second kappa shape index (κ2) is 8.91. The van der Waals surface area contributed by atoms with Gasteiger partial charge in [0.05, 0.1) is 0 Å². The smallest absolute Gasteiger partial charge is 0.00672 e. The quantitative estimate of drug-likeness (QED) is 0.620. The number of rotatable bonds is 5. The van der Waals surface area contributed by atoms with E-state index in [-0.39, 0.29) is 0 Å². The molecule has 3 atom stereocenters. The predicted molar refractivity (Wildman–Crippen MR) is 112 cm³/mol. The summed E-state index contributed by atoms with van der Waals surface area (Å²) in [5, 5.41) is 3.95. The number of hydrogen-bond donors (Lipinski definition) is 1. The van der Waals surface area contributed by atoms with Crippen molar-refractivity contribution < 1.29 is 0 Å². The Labute approximate surface area is 161 Å². The Hall–Kier alpha value is -0.820. The summed E-state index contributed by atoms with van der Waals surface area (Å²) in [5.74, 6) is 2.92. The normalized spacial score (nSPS) is 30.1. The van der Waals surface area contributed by atoms with Crippen LogP contribution in [0, 0.1) is 24.7 Å². The van der Waals surface area contributed by atoms with E-state index in [1.54, 1.807) is 11.1 Å².